The number of amides is 1. The van der Waals surface area contributed by atoms with Gasteiger partial charge in [0.25, 0.3) is 0 Å². The highest BCUT2D eigenvalue weighted by molar-refractivity contribution is 5.87. The van der Waals surface area contributed by atoms with Gasteiger partial charge in [0, 0.05) is 45.2 Å². The van der Waals surface area contributed by atoms with Crippen LogP contribution in [0.4, 0.5) is 0 Å². The lowest BCUT2D eigenvalue weighted by Gasteiger charge is -2.24. The largest absolute Gasteiger partial charge is 0.464 e. The monoisotopic (exact) mass is 357 g/mol. The Hall–Kier alpha value is -2.69. The maximum Gasteiger partial charge on any atom is 0.356 e. The summed E-state index contributed by atoms with van der Waals surface area (Å²) in [7, 11) is 1.36. The molecule has 0 saturated carbocycles. The first-order valence-electron chi connectivity index (χ1n) is 8.84. The molecule has 0 spiro atoms. The minimum absolute atomic E-state index is 0.00606. The number of hydrogen-bond acceptors (Lipinski definition) is 6. The molecule has 1 amide bonds. The van der Waals surface area contributed by atoms with Crippen LogP contribution in [0.5, 0.6) is 0 Å². The number of carbonyl (C=O) groups is 2. The molecule has 138 valence electrons. The van der Waals surface area contributed by atoms with Crippen LogP contribution in [-0.2, 0) is 22.5 Å². The molecule has 0 aromatic carbocycles. The summed E-state index contributed by atoms with van der Waals surface area (Å²) >= 11 is 0. The van der Waals surface area contributed by atoms with Gasteiger partial charge in [-0.25, -0.2) is 9.78 Å². The quantitative estimate of drug-likeness (QED) is 0.565. The minimum atomic E-state index is -0.413. The molecule has 0 aliphatic carbocycles. The molecule has 2 aliphatic rings. The average Bonchev–Trinajstić information content (AvgIpc) is 3.32. The van der Waals surface area contributed by atoms with E-state index >= 15 is 0 Å². The lowest BCUT2D eigenvalue weighted by Crippen LogP contribution is -2.34. The number of esters is 1. The van der Waals surface area contributed by atoms with Crippen molar-refractivity contribution in [2.45, 2.75) is 50.7 Å². The Morgan fingerprint density at radius 3 is 2.96 bits per heavy atom. The topological polar surface area (TPSA) is 97.9 Å². The number of methoxy groups -OCH3 is 1. The van der Waals surface area contributed by atoms with Crippen molar-refractivity contribution >= 4 is 11.9 Å². The molecule has 0 bridgehead atoms. The van der Waals surface area contributed by atoms with Gasteiger partial charge >= 0.3 is 5.97 Å². The van der Waals surface area contributed by atoms with Gasteiger partial charge in [0.15, 0.2) is 5.66 Å². The highest BCUT2D eigenvalue weighted by atomic mass is 16.5. The molecular weight excluding hydrogens is 334 g/mol. The van der Waals surface area contributed by atoms with E-state index in [-0.39, 0.29) is 11.9 Å². The van der Waals surface area contributed by atoms with E-state index in [9.17, 15) is 9.59 Å². The van der Waals surface area contributed by atoms with Crippen LogP contribution in [0.2, 0.25) is 0 Å². The Morgan fingerprint density at radius 2 is 2.27 bits per heavy atom. The van der Waals surface area contributed by atoms with Crippen molar-refractivity contribution in [1.82, 2.24) is 14.9 Å². The van der Waals surface area contributed by atoms with Crippen LogP contribution in [0, 0.1) is 18.3 Å². The van der Waals surface area contributed by atoms with E-state index in [4.69, 9.17) is 11.2 Å². The number of fused-ring (bicyclic) bond motifs is 1. The number of hydrogen-bond donors (Lipinski definition) is 1. The second kappa shape index (κ2) is 7.68. The fourth-order valence-corrected chi connectivity index (χ4v) is 3.27. The van der Waals surface area contributed by atoms with Gasteiger partial charge < -0.3 is 14.6 Å². The summed E-state index contributed by atoms with van der Waals surface area (Å²) in [4.78, 5) is 28.1. The number of nitrogens with one attached hydrogen (secondary N) is 1. The molecule has 1 aromatic heterocycles. The second-order valence-corrected chi connectivity index (χ2v) is 6.75. The molecule has 0 radical (unpaired) electrons. The summed E-state index contributed by atoms with van der Waals surface area (Å²) in [5.41, 5.74) is 0.0722. The highest BCUT2D eigenvalue weighted by Gasteiger charge is 2.39. The predicted octanol–water partition coefficient (Wildman–Crippen LogP) is 1.70. The Kier molecular flexibility index (Phi) is 5.35. The van der Waals surface area contributed by atoms with Crippen LogP contribution in [0.15, 0.2) is 16.4 Å². The SMILES string of the molecule is C#CCCC1(CCC(=O)NCC2CCn3c(C(=O)OC)cnc3C2)N=N1. The third-order valence-corrected chi connectivity index (χ3v) is 4.96. The first-order valence-corrected chi connectivity index (χ1v) is 8.84. The summed E-state index contributed by atoms with van der Waals surface area (Å²) in [6.45, 7) is 1.30. The molecule has 0 saturated heterocycles. The fraction of sp³-hybridized carbons (Fsp3) is 0.611. The molecule has 2 aliphatic heterocycles. The number of imidazole rings is 1. The number of terminal acetylenes is 1. The summed E-state index contributed by atoms with van der Waals surface area (Å²) in [5.74, 6) is 3.39. The Bertz CT molecular complexity index is 755. The van der Waals surface area contributed by atoms with Gasteiger partial charge in [0.05, 0.1) is 13.3 Å². The van der Waals surface area contributed by atoms with Gasteiger partial charge in [-0.15, -0.1) is 12.3 Å². The smallest absolute Gasteiger partial charge is 0.356 e. The van der Waals surface area contributed by atoms with Gasteiger partial charge in [0.1, 0.15) is 11.5 Å². The maximum absolute atomic E-state index is 12.1. The lowest BCUT2D eigenvalue weighted by molar-refractivity contribution is -0.121. The van der Waals surface area contributed by atoms with E-state index in [1.807, 2.05) is 4.57 Å². The summed E-state index contributed by atoms with van der Waals surface area (Å²) in [6, 6.07) is 0. The summed E-state index contributed by atoms with van der Waals surface area (Å²) < 4.78 is 6.67. The van der Waals surface area contributed by atoms with Crippen molar-refractivity contribution in [3.63, 3.8) is 0 Å². The zero-order chi connectivity index (χ0) is 18.6. The van der Waals surface area contributed by atoms with E-state index in [1.54, 1.807) is 6.20 Å². The number of rotatable bonds is 8. The zero-order valence-corrected chi connectivity index (χ0v) is 14.9. The molecule has 1 aromatic rings. The van der Waals surface area contributed by atoms with Crippen molar-refractivity contribution in [2.75, 3.05) is 13.7 Å². The van der Waals surface area contributed by atoms with E-state index in [0.717, 1.165) is 18.7 Å². The van der Waals surface area contributed by atoms with Gasteiger partial charge in [-0.3, -0.25) is 4.79 Å². The van der Waals surface area contributed by atoms with Crippen molar-refractivity contribution in [3.8, 4) is 12.3 Å². The van der Waals surface area contributed by atoms with Gasteiger partial charge in [-0.05, 0) is 12.3 Å². The van der Waals surface area contributed by atoms with Crippen molar-refractivity contribution in [3.05, 3.63) is 17.7 Å². The lowest BCUT2D eigenvalue weighted by atomic mass is 9.97. The molecule has 3 heterocycles. The minimum Gasteiger partial charge on any atom is -0.464 e. The van der Waals surface area contributed by atoms with Gasteiger partial charge in [-0.2, -0.15) is 10.2 Å². The van der Waals surface area contributed by atoms with Crippen LogP contribution in [-0.4, -0.2) is 40.7 Å². The van der Waals surface area contributed by atoms with Gasteiger partial charge in [0.2, 0.25) is 5.91 Å². The number of ether oxygens (including phenoxy) is 1. The Labute approximate surface area is 152 Å². The van der Waals surface area contributed by atoms with Crippen molar-refractivity contribution < 1.29 is 14.3 Å². The molecule has 26 heavy (non-hydrogen) atoms. The van der Waals surface area contributed by atoms with E-state index in [1.165, 1.54) is 7.11 Å². The first-order chi connectivity index (χ1) is 12.6. The van der Waals surface area contributed by atoms with Crippen LogP contribution in [0.3, 0.4) is 0 Å². The second-order valence-electron chi connectivity index (χ2n) is 6.75. The van der Waals surface area contributed by atoms with Crippen molar-refractivity contribution in [2.24, 2.45) is 16.1 Å². The molecule has 1 N–H and O–H groups in total. The summed E-state index contributed by atoms with van der Waals surface area (Å²) in [5, 5.41) is 11.1. The third kappa shape index (κ3) is 4.10. The Morgan fingerprint density at radius 1 is 1.46 bits per heavy atom. The molecule has 0 fully saturated rings. The fourth-order valence-electron chi connectivity index (χ4n) is 3.27. The number of aromatic nitrogens is 2. The molecule has 1 atom stereocenters. The highest BCUT2D eigenvalue weighted by Crippen LogP contribution is 2.37. The predicted molar refractivity (Wildman–Crippen MR) is 93.3 cm³/mol. The first kappa shape index (κ1) is 18.1. The maximum atomic E-state index is 12.1. The van der Waals surface area contributed by atoms with Crippen LogP contribution < -0.4 is 5.32 Å². The van der Waals surface area contributed by atoms with Crippen LogP contribution in [0.25, 0.3) is 0 Å². The normalized spacial score (nSPS) is 19.3. The number of carbonyl (C=O) groups excluding carboxylic acids is 2. The summed E-state index contributed by atoms with van der Waals surface area (Å²) in [6.07, 6.45) is 10.8. The van der Waals surface area contributed by atoms with Crippen LogP contribution in [0.1, 0.15) is 48.4 Å². The zero-order valence-electron chi connectivity index (χ0n) is 14.9. The third-order valence-electron chi connectivity index (χ3n) is 4.96. The van der Waals surface area contributed by atoms with E-state index in [2.05, 4.69) is 26.4 Å². The number of nitrogens with zero attached hydrogens (tertiary/aromatic N) is 4. The molecular formula is C18H23N5O3. The standard InChI is InChI=1S/C18H23N5O3/c1-3-4-7-18(21-22-18)8-5-16(24)20-11-13-6-9-23-14(17(25)26-2)12-19-15(23)10-13/h1,12-13H,4-11H2,2H3,(H,20,24). The van der Waals surface area contributed by atoms with Crippen LogP contribution >= 0.6 is 0 Å². The molecule has 8 heteroatoms. The molecule has 1 unspecified atom stereocenters. The Balaban J connectivity index is 1.42. The van der Waals surface area contributed by atoms with E-state index in [0.29, 0.717) is 50.4 Å². The van der Waals surface area contributed by atoms with Crippen molar-refractivity contribution in [1.29, 1.82) is 0 Å². The molecule has 3 rings (SSSR count). The van der Waals surface area contributed by atoms with Gasteiger partial charge in [-0.1, -0.05) is 0 Å². The molecule has 8 nitrogen and oxygen atoms in total. The average molecular weight is 357 g/mol. The van der Waals surface area contributed by atoms with E-state index < -0.39 is 5.66 Å².